The number of aliphatic imine (C=N–C) groups is 1. The van der Waals surface area contributed by atoms with Crippen molar-refractivity contribution >= 4 is 5.96 Å². The van der Waals surface area contributed by atoms with E-state index < -0.39 is 0 Å². The fraction of sp³-hybridized carbons (Fsp3) is 0.950. The summed E-state index contributed by atoms with van der Waals surface area (Å²) in [4.78, 5) is 10.0. The second kappa shape index (κ2) is 11.0. The first kappa shape index (κ1) is 20.5. The monoisotopic (exact) mass is 351 g/mol. The zero-order valence-electron chi connectivity index (χ0n) is 17.1. The average Bonchev–Trinajstić information content (AvgIpc) is 2.63. The van der Waals surface area contributed by atoms with Crippen molar-refractivity contribution in [2.75, 3.05) is 45.8 Å². The van der Waals surface area contributed by atoms with E-state index in [0.29, 0.717) is 12.1 Å². The highest BCUT2D eigenvalue weighted by Gasteiger charge is 2.21. The Morgan fingerprint density at radius 3 is 2.28 bits per heavy atom. The highest BCUT2D eigenvalue weighted by molar-refractivity contribution is 5.80. The molecule has 2 N–H and O–H groups in total. The molecule has 25 heavy (non-hydrogen) atoms. The van der Waals surface area contributed by atoms with Gasteiger partial charge in [0.15, 0.2) is 5.96 Å². The average molecular weight is 352 g/mol. The van der Waals surface area contributed by atoms with Gasteiger partial charge in [0.1, 0.15) is 0 Å². The van der Waals surface area contributed by atoms with Gasteiger partial charge in [-0.3, -0.25) is 4.99 Å². The molecule has 2 fully saturated rings. The quantitative estimate of drug-likeness (QED) is 0.546. The van der Waals surface area contributed by atoms with E-state index >= 15 is 0 Å². The van der Waals surface area contributed by atoms with Gasteiger partial charge in [-0.2, -0.15) is 0 Å². The molecule has 0 spiro atoms. The van der Waals surface area contributed by atoms with E-state index in [2.05, 4.69) is 48.1 Å². The van der Waals surface area contributed by atoms with Crippen molar-refractivity contribution < 1.29 is 0 Å². The Labute approximate surface area is 155 Å². The first-order valence-corrected chi connectivity index (χ1v) is 10.6. The Hall–Kier alpha value is -0.810. The highest BCUT2D eigenvalue weighted by Crippen LogP contribution is 2.20. The third-order valence-corrected chi connectivity index (χ3v) is 5.91. The smallest absolute Gasteiger partial charge is 0.191 e. The van der Waals surface area contributed by atoms with Crippen LogP contribution < -0.4 is 10.6 Å². The summed E-state index contributed by atoms with van der Waals surface area (Å²) in [7, 11) is 0. The maximum atomic E-state index is 4.86. The zero-order chi connectivity index (χ0) is 18.1. The van der Waals surface area contributed by atoms with Crippen LogP contribution in [0.15, 0.2) is 4.99 Å². The van der Waals surface area contributed by atoms with E-state index in [1.54, 1.807) is 0 Å². The van der Waals surface area contributed by atoms with Gasteiger partial charge in [0.2, 0.25) is 0 Å². The number of guanidine groups is 1. The highest BCUT2D eigenvalue weighted by atomic mass is 15.2. The summed E-state index contributed by atoms with van der Waals surface area (Å²) in [5.41, 5.74) is 0. The van der Waals surface area contributed by atoms with Gasteiger partial charge in [0.25, 0.3) is 0 Å². The van der Waals surface area contributed by atoms with Crippen LogP contribution in [0.3, 0.4) is 0 Å². The molecular formula is C20H41N5. The van der Waals surface area contributed by atoms with Crippen molar-refractivity contribution in [3.05, 3.63) is 0 Å². The van der Waals surface area contributed by atoms with Gasteiger partial charge in [-0.15, -0.1) is 0 Å². The maximum Gasteiger partial charge on any atom is 0.191 e. The van der Waals surface area contributed by atoms with E-state index in [1.807, 2.05) is 0 Å². The van der Waals surface area contributed by atoms with E-state index in [-0.39, 0.29) is 0 Å². The van der Waals surface area contributed by atoms with E-state index in [4.69, 9.17) is 4.99 Å². The number of hydrogen-bond acceptors (Lipinski definition) is 3. The number of hydrogen-bond donors (Lipinski definition) is 2. The van der Waals surface area contributed by atoms with Crippen LogP contribution in [0.2, 0.25) is 0 Å². The lowest BCUT2D eigenvalue weighted by molar-refractivity contribution is 0.167. The SMILES string of the molecule is CCNC(=NCCC1CCN(CC)CC1)NC1CCN(C(C)C)CC1. The second-order valence-corrected chi connectivity index (χ2v) is 7.98. The Bertz CT molecular complexity index is 380. The topological polar surface area (TPSA) is 42.9 Å². The van der Waals surface area contributed by atoms with Gasteiger partial charge in [-0.25, -0.2) is 0 Å². The van der Waals surface area contributed by atoms with Crippen LogP contribution in [0.25, 0.3) is 0 Å². The first-order chi connectivity index (χ1) is 12.1. The second-order valence-electron chi connectivity index (χ2n) is 7.98. The molecule has 2 aliphatic heterocycles. The number of nitrogens with one attached hydrogen (secondary N) is 2. The molecule has 2 heterocycles. The van der Waals surface area contributed by atoms with Crippen molar-refractivity contribution in [2.24, 2.45) is 10.9 Å². The summed E-state index contributed by atoms with van der Waals surface area (Å²) in [6.45, 7) is 17.1. The maximum absolute atomic E-state index is 4.86. The predicted octanol–water partition coefficient (Wildman–Crippen LogP) is 2.54. The van der Waals surface area contributed by atoms with Crippen molar-refractivity contribution in [2.45, 2.75) is 71.9 Å². The van der Waals surface area contributed by atoms with Gasteiger partial charge in [-0.05, 0) is 78.4 Å². The van der Waals surface area contributed by atoms with Crippen molar-refractivity contribution in [1.29, 1.82) is 0 Å². The van der Waals surface area contributed by atoms with Gasteiger partial charge >= 0.3 is 0 Å². The number of likely N-dealkylation sites (tertiary alicyclic amines) is 2. The molecule has 146 valence electrons. The Morgan fingerprint density at radius 1 is 1.04 bits per heavy atom. The van der Waals surface area contributed by atoms with E-state index in [0.717, 1.165) is 25.0 Å². The van der Waals surface area contributed by atoms with Crippen LogP contribution in [-0.4, -0.2) is 73.7 Å². The van der Waals surface area contributed by atoms with Gasteiger partial charge in [0, 0.05) is 38.3 Å². The van der Waals surface area contributed by atoms with E-state index in [9.17, 15) is 0 Å². The van der Waals surface area contributed by atoms with Crippen LogP contribution in [0.4, 0.5) is 0 Å². The largest absolute Gasteiger partial charge is 0.357 e. The van der Waals surface area contributed by atoms with Crippen LogP contribution in [-0.2, 0) is 0 Å². The number of piperidine rings is 2. The molecule has 5 heteroatoms. The summed E-state index contributed by atoms with van der Waals surface area (Å²) in [6, 6.07) is 1.24. The first-order valence-electron chi connectivity index (χ1n) is 10.6. The summed E-state index contributed by atoms with van der Waals surface area (Å²) < 4.78 is 0. The minimum Gasteiger partial charge on any atom is -0.357 e. The molecule has 0 radical (unpaired) electrons. The number of rotatable bonds is 7. The lowest BCUT2D eigenvalue weighted by Crippen LogP contribution is -2.49. The van der Waals surface area contributed by atoms with Crippen molar-refractivity contribution in [3.63, 3.8) is 0 Å². The van der Waals surface area contributed by atoms with E-state index in [1.165, 1.54) is 64.8 Å². The predicted molar refractivity (Wildman–Crippen MR) is 108 cm³/mol. The van der Waals surface area contributed by atoms with Crippen molar-refractivity contribution in [3.8, 4) is 0 Å². The van der Waals surface area contributed by atoms with Gasteiger partial charge < -0.3 is 20.4 Å². The molecule has 5 nitrogen and oxygen atoms in total. The Kier molecular flexibility index (Phi) is 9.04. The summed E-state index contributed by atoms with van der Waals surface area (Å²) in [6.07, 6.45) is 6.37. The summed E-state index contributed by atoms with van der Waals surface area (Å²) >= 11 is 0. The molecule has 2 aliphatic rings. The molecule has 0 unspecified atom stereocenters. The molecule has 0 aliphatic carbocycles. The Morgan fingerprint density at radius 2 is 1.72 bits per heavy atom. The molecule has 2 saturated heterocycles. The minimum atomic E-state index is 0.570. The number of nitrogens with zero attached hydrogens (tertiary/aromatic N) is 3. The zero-order valence-corrected chi connectivity index (χ0v) is 17.1. The minimum absolute atomic E-state index is 0.570. The van der Waals surface area contributed by atoms with Crippen molar-refractivity contribution in [1.82, 2.24) is 20.4 Å². The molecule has 0 aromatic carbocycles. The van der Waals surface area contributed by atoms with Crippen LogP contribution >= 0.6 is 0 Å². The molecule has 0 amide bonds. The van der Waals surface area contributed by atoms with Crippen LogP contribution in [0.1, 0.15) is 59.8 Å². The lowest BCUT2D eigenvalue weighted by atomic mass is 9.94. The molecule has 0 bridgehead atoms. The molecule has 2 rings (SSSR count). The third-order valence-electron chi connectivity index (χ3n) is 5.91. The van der Waals surface area contributed by atoms with Crippen LogP contribution in [0.5, 0.6) is 0 Å². The molecule has 0 aromatic rings. The summed E-state index contributed by atoms with van der Waals surface area (Å²) in [5, 5.41) is 7.11. The summed E-state index contributed by atoms with van der Waals surface area (Å²) in [5.74, 6) is 1.89. The third kappa shape index (κ3) is 7.14. The fourth-order valence-electron chi connectivity index (χ4n) is 4.02. The fourth-order valence-corrected chi connectivity index (χ4v) is 4.02. The van der Waals surface area contributed by atoms with Gasteiger partial charge in [0.05, 0.1) is 0 Å². The molecule has 0 aromatic heterocycles. The molecule has 0 atom stereocenters. The van der Waals surface area contributed by atoms with Gasteiger partial charge in [-0.1, -0.05) is 6.92 Å². The molecule has 0 saturated carbocycles. The standard InChI is InChI=1S/C20H41N5/c1-5-21-20(23-19-10-15-25(16-11-19)17(3)4)22-12-7-18-8-13-24(6-2)14-9-18/h17-19H,5-16H2,1-4H3,(H2,21,22,23). The molecular weight excluding hydrogens is 310 g/mol. The Balaban J connectivity index is 1.71. The van der Waals surface area contributed by atoms with Crippen LogP contribution in [0, 0.1) is 5.92 Å². The normalized spacial score (nSPS) is 22.5. The lowest BCUT2D eigenvalue weighted by Gasteiger charge is -2.35.